The average molecular weight is 307 g/mol. The van der Waals surface area contributed by atoms with Crippen LogP contribution in [-0.4, -0.2) is 24.9 Å². The van der Waals surface area contributed by atoms with Crippen molar-refractivity contribution in [1.29, 1.82) is 0 Å². The Kier molecular flexibility index (Phi) is 4.94. The third-order valence-corrected chi connectivity index (χ3v) is 3.12. The second-order valence-electron chi connectivity index (χ2n) is 5.01. The summed E-state index contributed by atoms with van der Waals surface area (Å²) in [7, 11) is 3.97. The number of hydrogen-bond acceptors (Lipinski definition) is 2. The van der Waals surface area contributed by atoms with E-state index in [4.69, 9.17) is 11.6 Å². The predicted molar refractivity (Wildman–Crippen MR) is 83.2 cm³/mol. The number of anilines is 1. The average Bonchev–Trinajstić information content (AvgIpc) is 2.43. The zero-order valence-electron chi connectivity index (χ0n) is 11.9. The molecule has 0 saturated heterocycles. The van der Waals surface area contributed by atoms with Gasteiger partial charge in [0.25, 0.3) is 5.91 Å². The molecule has 0 aliphatic heterocycles. The van der Waals surface area contributed by atoms with E-state index >= 15 is 0 Å². The number of rotatable bonds is 4. The van der Waals surface area contributed by atoms with E-state index in [0.717, 1.165) is 12.1 Å². The highest BCUT2D eigenvalue weighted by Gasteiger charge is 2.12. The van der Waals surface area contributed by atoms with Gasteiger partial charge in [-0.15, -0.1) is 0 Å². The van der Waals surface area contributed by atoms with Gasteiger partial charge >= 0.3 is 0 Å². The van der Waals surface area contributed by atoms with Crippen LogP contribution in [-0.2, 0) is 6.54 Å². The third-order valence-electron chi connectivity index (χ3n) is 2.88. The molecular formula is C16H16ClFN2O. The standard InChI is InChI=1S/C16H16ClFN2O/c1-20(2)10-11-3-6-13(7-4-11)19-16(21)14-9-12(17)5-8-15(14)18/h3-9H,10H2,1-2H3,(H,19,21). The van der Waals surface area contributed by atoms with Crippen LogP contribution < -0.4 is 5.32 Å². The van der Waals surface area contributed by atoms with Crippen LogP contribution in [0.25, 0.3) is 0 Å². The minimum atomic E-state index is -0.596. The third kappa shape index (κ3) is 4.28. The fraction of sp³-hybridized carbons (Fsp3) is 0.188. The minimum absolute atomic E-state index is 0.0696. The van der Waals surface area contributed by atoms with Crippen LogP contribution in [0.5, 0.6) is 0 Å². The van der Waals surface area contributed by atoms with Gasteiger partial charge in [0.15, 0.2) is 0 Å². The van der Waals surface area contributed by atoms with Gasteiger partial charge in [-0.05, 0) is 50.0 Å². The van der Waals surface area contributed by atoms with E-state index < -0.39 is 11.7 Å². The van der Waals surface area contributed by atoms with Gasteiger partial charge in [0.2, 0.25) is 0 Å². The van der Waals surface area contributed by atoms with Gasteiger partial charge in [0, 0.05) is 17.3 Å². The maximum absolute atomic E-state index is 13.6. The number of nitrogens with zero attached hydrogens (tertiary/aromatic N) is 1. The molecule has 0 bridgehead atoms. The quantitative estimate of drug-likeness (QED) is 0.932. The largest absolute Gasteiger partial charge is 0.322 e. The van der Waals surface area contributed by atoms with Crippen molar-refractivity contribution < 1.29 is 9.18 Å². The molecule has 5 heteroatoms. The Morgan fingerprint density at radius 3 is 2.48 bits per heavy atom. The molecule has 0 radical (unpaired) electrons. The number of benzene rings is 2. The number of halogens is 2. The van der Waals surface area contributed by atoms with Crippen LogP contribution >= 0.6 is 11.6 Å². The van der Waals surface area contributed by atoms with Gasteiger partial charge in [0.05, 0.1) is 5.56 Å². The van der Waals surface area contributed by atoms with Gasteiger partial charge in [-0.1, -0.05) is 23.7 Å². The molecule has 0 aromatic heterocycles. The van der Waals surface area contributed by atoms with Gasteiger partial charge in [-0.3, -0.25) is 4.79 Å². The summed E-state index contributed by atoms with van der Waals surface area (Å²) in [6.45, 7) is 0.817. The molecule has 0 aliphatic rings. The second kappa shape index (κ2) is 6.70. The molecule has 0 heterocycles. The van der Waals surface area contributed by atoms with Crippen LogP contribution in [0.15, 0.2) is 42.5 Å². The fourth-order valence-corrected chi connectivity index (χ4v) is 2.10. The molecule has 3 nitrogen and oxygen atoms in total. The first-order valence-corrected chi connectivity index (χ1v) is 6.83. The van der Waals surface area contributed by atoms with Crippen LogP contribution in [0.3, 0.4) is 0 Å². The van der Waals surface area contributed by atoms with Crippen LogP contribution in [0.2, 0.25) is 5.02 Å². The summed E-state index contributed by atoms with van der Waals surface area (Å²) in [6.07, 6.45) is 0. The van der Waals surface area contributed by atoms with Crippen molar-refractivity contribution in [2.75, 3.05) is 19.4 Å². The minimum Gasteiger partial charge on any atom is -0.322 e. The number of hydrogen-bond donors (Lipinski definition) is 1. The first kappa shape index (κ1) is 15.5. The van der Waals surface area contributed by atoms with E-state index in [1.807, 2.05) is 26.2 Å². The monoisotopic (exact) mass is 306 g/mol. The van der Waals surface area contributed by atoms with E-state index in [1.54, 1.807) is 12.1 Å². The summed E-state index contributed by atoms with van der Waals surface area (Å²) in [5.41, 5.74) is 1.67. The summed E-state index contributed by atoms with van der Waals surface area (Å²) in [6, 6.07) is 11.3. The zero-order valence-corrected chi connectivity index (χ0v) is 12.6. The van der Waals surface area contributed by atoms with Crippen molar-refractivity contribution in [1.82, 2.24) is 4.90 Å². The lowest BCUT2D eigenvalue weighted by molar-refractivity contribution is 0.102. The molecule has 1 N–H and O–H groups in total. The number of carbonyl (C=O) groups excluding carboxylic acids is 1. The number of nitrogens with one attached hydrogen (secondary N) is 1. The van der Waals surface area contributed by atoms with Crippen LogP contribution in [0.4, 0.5) is 10.1 Å². The SMILES string of the molecule is CN(C)Cc1ccc(NC(=O)c2cc(Cl)ccc2F)cc1. The van der Waals surface area contributed by atoms with Crippen molar-refractivity contribution in [3.05, 3.63) is 64.4 Å². The molecule has 1 amide bonds. The van der Waals surface area contributed by atoms with Gasteiger partial charge in [-0.2, -0.15) is 0 Å². The molecule has 0 unspecified atom stereocenters. The van der Waals surface area contributed by atoms with Crippen molar-refractivity contribution in [3.63, 3.8) is 0 Å². The highest BCUT2D eigenvalue weighted by atomic mass is 35.5. The summed E-state index contributed by atoms with van der Waals surface area (Å²) < 4.78 is 13.6. The lowest BCUT2D eigenvalue weighted by Crippen LogP contribution is -2.14. The maximum atomic E-state index is 13.6. The summed E-state index contributed by atoms with van der Waals surface area (Å²) in [5.74, 6) is -1.11. The first-order valence-electron chi connectivity index (χ1n) is 6.46. The molecule has 0 aliphatic carbocycles. The Labute approximate surface area is 128 Å². The molecule has 2 rings (SSSR count). The lowest BCUT2D eigenvalue weighted by atomic mass is 10.1. The molecule has 0 spiro atoms. The molecule has 110 valence electrons. The smallest absolute Gasteiger partial charge is 0.258 e. The summed E-state index contributed by atoms with van der Waals surface area (Å²) >= 11 is 5.78. The molecular weight excluding hydrogens is 291 g/mol. The molecule has 21 heavy (non-hydrogen) atoms. The zero-order chi connectivity index (χ0) is 15.4. The van der Waals surface area contributed by atoms with Crippen LogP contribution in [0, 0.1) is 5.82 Å². The Morgan fingerprint density at radius 2 is 1.86 bits per heavy atom. The molecule has 2 aromatic rings. The Bertz CT molecular complexity index is 641. The highest BCUT2D eigenvalue weighted by molar-refractivity contribution is 6.31. The molecule has 2 aromatic carbocycles. The van der Waals surface area contributed by atoms with Gasteiger partial charge in [0.1, 0.15) is 5.82 Å². The first-order chi connectivity index (χ1) is 9.95. The van der Waals surface area contributed by atoms with Crippen molar-refractivity contribution >= 4 is 23.2 Å². The molecule has 0 fully saturated rings. The summed E-state index contributed by atoms with van der Waals surface area (Å²) in [5, 5.41) is 2.98. The Hall–Kier alpha value is -1.91. The lowest BCUT2D eigenvalue weighted by Gasteiger charge is -2.11. The van der Waals surface area contributed by atoms with Crippen molar-refractivity contribution in [3.8, 4) is 0 Å². The topological polar surface area (TPSA) is 32.3 Å². The fourth-order valence-electron chi connectivity index (χ4n) is 1.93. The normalized spacial score (nSPS) is 10.7. The Balaban J connectivity index is 2.10. The van der Waals surface area contributed by atoms with E-state index in [1.165, 1.54) is 18.2 Å². The van der Waals surface area contributed by atoms with Crippen LogP contribution in [0.1, 0.15) is 15.9 Å². The second-order valence-corrected chi connectivity index (χ2v) is 5.45. The molecule has 0 saturated carbocycles. The van der Waals surface area contributed by atoms with E-state index in [2.05, 4.69) is 10.2 Å². The maximum Gasteiger partial charge on any atom is 0.258 e. The number of amides is 1. The highest BCUT2D eigenvalue weighted by Crippen LogP contribution is 2.17. The van der Waals surface area contributed by atoms with E-state index in [9.17, 15) is 9.18 Å². The predicted octanol–water partition coefficient (Wildman–Crippen LogP) is 3.79. The van der Waals surface area contributed by atoms with E-state index in [0.29, 0.717) is 10.7 Å². The summed E-state index contributed by atoms with van der Waals surface area (Å²) in [4.78, 5) is 14.1. The number of carbonyl (C=O) groups is 1. The Morgan fingerprint density at radius 1 is 1.19 bits per heavy atom. The van der Waals surface area contributed by atoms with Gasteiger partial charge < -0.3 is 10.2 Å². The van der Waals surface area contributed by atoms with Crippen molar-refractivity contribution in [2.24, 2.45) is 0 Å². The van der Waals surface area contributed by atoms with Gasteiger partial charge in [-0.25, -0.2) is 4.39 Å². The molecule has 0 atom stereocenters. The van der Waals surface area contributed by atoms with Crippen molar-refractivity contribution in [2.45, 2.75) is 6.54 Å². The van der Waals surface area contributed by atoms with E-state index in [-0.39, 0.29) is 5.56 Å².